The van der Waals surface area contributed by atoms with Crippen LogP contribution in [0.1, 0.15) is 133 Å². The number of fused-ring (bicyclic) bond motifs is 4. The van der Waals surface area contributed by atoms with Gasteiger partial charge in [-0.2, -0.15) is 0 Å². The van der Waals surface area contributed by atoms with E-state index in [4.69, 9.17) is 44.9 Å². The van der Waals surface area contributed by atoms with E-state index in [-0.39, 0.29) is 95.4 Å². The van der Waals surface area contributed by atoms with Crippen molar-refractivity contribution in [2.45, 2.75) is 107 Å². The van der Waals surface area contributed by atoms with Crippen LogP contribution in [0.5, 0.6) is 0 Å². The molecule has 0 spiro atoms. The molecule has 19 aromatic rings. The standard InChI is InChI=1S/C31H36N4.2C29H22N4.C23H12F4N2.4Pt/c1-8-23-24(9-2)30(34-28(23)16-22-14-12-13-15-32-22)18-31-26(11-4)25(10-3)29(35-31)17-27-20(6)19(5)21(7)33-27;1-18-22-11-3-5-13-24(22)32-28(18)26-15-7-9-20(30-26)17-21-10-8-16-27(31-21)29-19(2)23-12-4-6-14-25(23)33-29;1-32-26-15-5-3-9-20(26)17-28(32)24-13-7-11-22(30-24)19-23-12-8-14-25(31-23)29-18-21-10-4-6-16-27(21)33(29)2;24-14-7-9-18(20(26)11-14)22-5-1-3-16(28-22)13-17-4-2-6-23(29-17)19-10-8-15(25)12-21(19)27;;;;/h12-18H,8-11H2,1-7H3;3-16H,17H2,1-2H3;3-16H,19H2,1-2H3;1-8,11-12H,13H2;;;;/q4*-2;4*+2. The smallest absolute Gasteiger partial charge is 0.657 e. The second-order valence-corrected chi connectivity index (χ2v) is 32.1. The van der Waals surface area contributed by atoms with E-state index >= 15 is 0 Å². The molecule has 14 heterocycles. The topological polar surface area (TPSA) is 169 Å². The van der Waals surface area contributed by atoms with E-state index in [0.29, 0.717) is 42.0 Å². The van der Waals surface area contributed by atoms with Crippen molar-refractivity contribution < 1.29 is 102 Å². The van der Waals surface area contributed by atoms with E-state index in [1.165, 1.54) is 55.3 Å². The third-order valence-corrected chi connectivity index (χ3v) is 23.8. The van der Waals surface area contributed by atoms with Gasteiger partial charge in [0.1, 0.15) is 0 Å². The molecule has 1 aliphatic heterocycles. The molecule has 20 rings (SSSR count). The van der Waals surface area contributed by atoms with Gasteiger partial charge in [0.05, 0.1) is 11.4 Å². The molecule has 0 atom stereocenters. The van der Waals surface area contributed by atoms with Gasteiger partial charge in [0.25, 0.3) is 0 Å². The number of aryl methyl sites for hydroxylation is 4. The monoisotopic (exact) mass is 2490 g/mol. The van der Waals surface area contributed by atoms with Gasteiger partial charge in [-0.05, 0) is 177 Å². The Kier molecular flexibility index (Phi) is 32.9. The summed E-state index contributed by atoms with van der Waals surface area (Å²) in [5.74, 6) is -2.93. The number of aromatic nitrogens is 13. The molecule has 0 saturated carbocycles. The number of rotatable bonds is 19. The number of allylic oxidation sites excluding steroid dienone is 2. The summed E-state index contributed by atoms with van der Waals surface area (Å²) in [7, 11) is 4.13. The normalized spacial score (nSPS) is 12.2. The molecule has 1 aliphatic rings. The van der Waals surface area contributed by atoms with Crippen molar-refractivity contribution in [3.05, 3.63) is 415 Å². The molecular formula is C112H92F4N14Pt4. The van der Waals surface area contributed by atoms with Gasteiger partial charge >= 0.3 is 84.3 Å². The number of hydrogen-bond acceptors (Lipinski definition) is 8. The Bertz CT molecular complexity index is 7120. The maximum Gasteiger partial charge on any atom is 2.00 e. The number of pyridine rings is 7. The van der Waals surface area contributed by atoms with E-state index in [2.05, 4.69) is 252 Å². The van der Waals surface area contributed by atoms with Crippen LogP contribution in [-0.4, -0.2) is 49.7 Å². The Labute approximate surface area is 835 Å². The number of nitrogens with zero attached hydrogens (tertiary/aromatic N) is 14. The number of para-hydroxylation sites is 4. The quantitative estimate of drug-likeness (QED) is 0.0558. The van der Waals surface area contributed by atoms with E-state index in [1.807, 2.05) is 85.1 Å². The van der Waals surface area contributed by atoms with Crippen molar-refractivity contribution in [2.24, 2.45) is 19.1 Å². The van der Waals surface area contributed by atoms with Gasteiger partial charge in [-0.25, -0.2) is 0 Å². The molecule has 0 fully saturated rings. The maximum atomic E-state index is 14.0. The average Bonchev–Trinajstić information content (AvgIpc) is 1.72. The summed E-state index contributed by atoms with van der Waals surface area (Å²) in [5, 5.41) is 6.61. The molecule has 0 N–H and O–H groups in total. The van der Waals surface area contributed by atoms with Gasteiger partial charge in [0.15, 0.2) is 0 Å². The molecule has 134 heavy (non-hydrogen) atoms. The summed E-state index contributed by atoms with van der Waals surface area (Å²) in [6, 6.07) is 89.4. The van der Waals surface area contributed by atoms with Gasteiger partial charge < -0.3 is 39.0 Å². The molecule has 0 unspecified atom stereocenters. The van der Waals surface area contributed by atoms with Crippen LogP contribution in [0.4, 0.5) is 17.6 Å². The first-order valence-corrected chi connectivity index (χ1v) is 43.7. The third-order valence-electron chi connectivity index (χ3n) is 23.8. The molecule has 6 aromatic carbocycles. The molecule has 0 radical (unpaired) electrons. The van der Waals surface area contributed by atoms with Crippen molar-refractivity contribution in [1.82, 2.24) is 64.0 Å². The average molecular weight is 2490 g/mol. The van der Waals surface area contributed by atoms with Gasteiger partial charge in [-0.3, -0.25) is 47.5 Å². The molecular weight excluding hydrogens is 2400 g/mol. The zero-order chi connectivity index (χ0) is 90.2. The molecule has 0 aliphatic carbocycles. The van der Waals surface area contributed by atoms with E-state index in [1.54, 1.807) is 36.4 Å². The predicted molar refractivity (Wildman–Crippen MR) is 513 cm³/mol. The second kappa shape index (κ2) is 44.5. The third kappa shape index (κ3) is 21.8. The van der Waals surface area contributed by atoms with Crippen molar-refractivity contribution in [1.29, 1.82) is 0 Å². The first kappa shape index (κ1) is 98.9. The Morgan fingerprint density at radius 3 is 1.13 bits per heavy atom. The molecule has 678 valence electrons. The first-order valence-electron chi connectivity index (χ1n) is 43.7. The van der Waals surface area contributed by atoms with Gasteiger partial charge in [0.2, 0.25) is 0 Å². The summed E-state index contributed by atoms with van der Waals surface area (Å²) in [4.78, 5) is 57.7. The number of aliphatic imine (C=N–C) groups is 1. The van der Waals surface area contributed by atoms with Crippen LogP contribution in [-0.2, 0) is 143 Å². The van der Waals surface area contributed by atoms with Crippen LogP contribution in [0.25, 0.3) is 130 Å². The zero-order valence-corrected chi connectivity index (χ0v) is 84.6. The zero-order valence-electron chi connectivity index (χ0n) is 75.5. The van der Waals surface area contributed by atoms with E-state index in [9.17, 15) is 17.6 Å². The Hall–Kier alpha value is -12.5. The number of halogens is 4. The van der Waals surface area contributed by atoms with Crippen LogP contribution in [0, 0.1) is 61.4 Å². The fourth-order valence-electron chi connectivity index (χ4n) is 16.9. The molecule has 0 bridgehead atoms. The van der Waals surface area contributed by atoms with Crippen molar-refractivity contribution in [3.8, 4) is 68.1 Å². The van der Waals surface area contributed by atoms with Crippen molar-refractivity contribution in [2.75, 3.05) is 0 Å². The minimum atomic E-state index is -0.753. The SMILES string of the molecule is CCc1c(C=C2N=C(C)C(C)=C2C)[n-]c(C=c2[n-]c(=Cc3ccccn3)c(CC)c2CC)c1CC.Cc1c(-c2cccc(Cc3cccc(-c4[n-]c5ccccc5c4C)n3)n2)[n-]c2ccccc12.Cn1c(-c2cccc(Cc3cccc(-c4[c-]c5ccccc5n4C)n3)n2)[c-]c2ccccc21.Fc1c[c-]c(-c2cccc(Cc3cccc(-c4[c-]cc(F)cc4F)n3)n2)c(F)c1.[Pt+2].[Pt+2].[Pt+2].[Pt+2]. The maximum absolute atomic E-state index is 14.0. The van der Waals surface area contributed by atoms with E-state index < -0.39 is 23.3 Å². The minimum Gasteiger partial charge on any atom is -0.657 e. The molecule has 0 saturated heterocycles. The Morgan fingerprint density at radius 1 is 0.366 bits per heavy atom. The molecule has 22 heteroatoms. The molecule has 0 amide bonds. The summed E-state index contributed by atoms with van der Waals surface area (Å²) in [5.41, 5.74) is 32.9. The number of hydrogen-bond donors (Lipinski definition) is 0. The first-order chi connectivity index (χ1) is 63.2. The van der Waals surface area contributed by atoms with E-state index in [0.717, 1.165) is 190 Å². The Balaban J connectivity index is 0.000000150. The molecule has 13 aromatic heterocycles. The Morgan fingerprint density at radius 2 is 0.739 bits per heavy atom. The summed E-state index contributed by atoms with van der Waals surface area (Å²) >= 11 is 0. The van der Waals surface area contributed by atoms with Crippen LogP contribution in [0.15, 0.2) is 277 Å². The van der Waals surface area contributed by atoms with Crippen LogP contribution < -0.4 is 30.6 Å². The fourth-order valence-corrected chi connectivity index (χ4v) is 16.9. The van der Waals surface area contributed by atoms with Crippen molar-refractivity contribution in [3.63, 3.8) is 0 Å². The van der Waals surface area contributed by atoms with Gasteiger partial charge in [-0.15, -0.1) is 116 Å². The minimum absolute atomic E-state index is 0. The predicted octanol–water partition coefficient (Wildman–Crippen LogP) is 22.8. The van der Waals surface area contributed by atoms with Gasteiger partial charge in [-0.1, -0.05) is 242 Å². The van der Waals surface area contributed by atoms with Crippen LogP contribution in [0.3, 0.4) is 0 Å². The molecule has 14 nitrogen and oxygen atoms in total. The fraction of sp³-hybridized carbons (Fsp3) is 0.161. The summed E-state index contributed by atoms with van der Waals surface area (Å²) < 4.78 is 58.5. The van der Waals surface area contributed by atoms with Crippen molar-refractivity contribution >= 4 is 67.6 Å². The largest absolute Gasteiger partial charge is 2.00 e. The summed E-state index contributed by atoms with van der Waals surface area (Å²) in [6.07, 6.45) is 13.7. The van der Waals surface area contributed by atoms with Gasteiger partial charge in [0, 0.05) is 125 Å². The van der Waals surface area contributed by atoms with Crippen LogP contribution >= 0.6 is 0 Å². The van der Waals surface area contributed by atoms with Crippen LogP contribution in [0.2, 0.25) is 0 Å². The number of benzene rings is 6. The second-order valence-electron chi connectivity index (χ2n) is 32.1. The summed E-state index contributed by atoms with van der Waals surface area (Å²) in [6.45, 7) is 19.4.